The smallest absolute Gasteiger partial charge is 0.186 e. The van der Waals surface area contributed by atoms with Crippen LogP contribution in [0.2, 0.25) is 0 Å². The molecule has 4 nitrogen and oxygen atoms in total. The Morgan fingerprint density at radius 3 is 2.57 bits per heavy atom. The Morgan fingerprint density at radius 2 is 2.05 bits per heavy atom. The molecule has 1 fully saturated rings. The van der Waals surface area contributed by atoms with Crippen LogP contribution in [0.1, 0.15) is 51.1 Å². The molecule has 1 aromatic heterocycles. The number of nitrogens with zero attached hydrogens (tertiary/aromatic N) is 2. The lowest BCUT2D eigenvalue weighted by Gasteiger charge is -2.23. The van der Waals surface area contributed by atoms with Gasteiger partial charge in [-0.15, -0.1) is 11.3 Å². The molecule has 5 heteroatoms. The lowest BCUT2D eigenvalue weighted by molar-refractivity contribution is 0.181. The van der Waals surface area contributed by atoms with Crippen LogP contribution in [0.3, 0.4) is 0 Å². The van der Waals surface area contributed by atoms with Crippen molar-refractivity contribution < 1.29 is 4.74 Å². The van der Waals surface area contributed by atoms with E-state index in [9.17, 15) is 0 Å². The molecule has 1 aliphatic rings. The van der Waals surface area contributed by atoms with Crippen molar-refractivity contribution in [2.75, 3.05) is 18.6 Å². The molecule has 0 amide bonds. The van der Waals surface area contributed by atoms with E-state index < -0.39 is 0 Å². The lowest BCUT2D eigenvalue weighted by Crippen LogP contribution is -2.29. The van der Waals surface area contributed by atoms with Crippen LogP contribution < -0.4 is 10.2 Å². The fourth-order valence-electron chi connectivity index (χ4n) is 2.34. The first-order chi connectivity index (χ1) is 10.0. The topological polar surface area (TPSA) is 37.4 Å². The maximum absolute atomic E-state index is 5.32. The van der Waals surface area contributed by atoms with E-state index in [-0.39, 0.29) is 0 Å². The van der Waals surface area contributed by atoms with Gasteiger partial charge >= 0.3 is 0 Å². The van der Waals surface area contributed by atoms with Crippen LogP contribution in [0.5, 0.6) is 0 Å². The quantitative estimate of drug-likeness (QED) is 0.758. The number of rotatable bonds is 9. The maximum atomic E-state index is 5.32. The highest BCUT2D eigenvalue weighted by molar-refractivity contribution is 7.15. The molecule has 1 aromatic rings. The fraction of sp³-hybridized carbons (Fsp3) is 0.812. The third-order valence-corrected chi connectivity index (χ3v) is 4.65. The summed E-state index contributed by atoms with van der Waals surface area (Å²) in [4.78, 5) is 8.69. The standard InChI is InChI=1S/C16H29N3OS/c1-11(2)9-19(13-6-7-13)16-18-14(10-20-5)15(21-16)8-17-12(3)4/h11-13,17H,6-10H2,1-5H3. The van der Waals surface area contributed by atoms with Gasteiger partial charge in [0.1, 0.15) is 0 Å². The molecule has 0 aromatic carbocycles. The van der Waals surface area contributed by atoms with Crippen molar-refractivity contribution in [3.05, 3.63) is 10.6 Å². The summed E-state index contributed by atoms with van der Waals surface area (Å²) in [6.45, 7) is 11.5. The zero-order valence-electron chi connectivity index (χ0n) is 14.0. The summed E-state index contributed by atoms with van der Waals surface area (Å²) < 4.78 is 5.32. The Kier molecular flexibility index (Phi) is 6.02. The zero-order valence-corrected chi connectivity index (χ0v) is 14.8. The second kappa shape index (κ2) is 7.56. The molecule has 0 bridgehead atoms. The summed E-state index contributed by atoms with van der Waals surface area (Å²) in [6.07, 6.45) is 2.62. The molecule has 1 aliphatic carbocycles. The Bertz CT molecular complexity index is 441. The zero-order chi connectivity index (χ0) is 15.4. The molecule has 21 heavy (non-hydrogen) atoms. The highest BCUT2D eigenvalue weighted by atomic mass is 32.1. The average Bonchev–Trinajstić information content (AvgIpc) is 3.16. The summed E-state index contributed by atoms with van der Waals surface area (Å²) in [5.41, 5.74) is 1.10. The van der Waals surface area contributed by atoms with E-state index in [0.717, 1.165) is 18.8 Å². The molecule has 1 saturated carbocycles. The van der Waals surface area contributed by atoms with E-state index in [2.05, 4.69) is 37.9 Å². The minimum Gasteiger partial charge on any atom is -0.378 e. The van der Waals surface area contributed by atoms with Crippen LogP contribution in [-0.2, 0) is 17.9 Å². The molecule has 0 unspecified atom stereocenters. The van der Waals surface area contributed by atoms with Crippen LogP contribution >= 0.6 is 11.3 Å². The van der Waals surface area contributed by atoms with Gasteiger partial charge in [-0.2, -0.15) is 0 Å². The Balaban J connectivity index is 2.15. The van der Waals surface area contributed by atoms with Gasteiger partial charge in [0.15, 0.2) is 5.13 Å². The minimum absolute atomic E-state index is 0.487. The van der Waals surface area contributed by atoms with Gasteiger partial charge in [-0.05, 0) is 18.8 Å². The predicted octanol–water partition coefficient (Wildman–Crippen LogP) is 3.41. The Labute approximate surface area is 132 Å². The van der Waals surface area contributed by atoms with Gasteiger partial charge in [0.05, 0.1) is 12.3 Å². The van der Waals surface area contributed by atoms with E-state index in [4.69, 9.17) is 9.72 Å². The SMILES string of the molecule is COCc1nc(N(CC(C)C)C2CC2)sc1CNC(C)C. The van der Waals surface area contributed by atoms with E-state index in [0.29, 0.717) is 24.6 Å². The monoisotopic (exact) mass is 311 g/mol. The van der Waals surface area contributed by atoms with Crippen molar-refractivity contribution in [1.82, 2.24) is 10.3 Å². The van der Waals surface area contributed by atoms with Crippen molar-refractivity contribution in [2.45, 2.75) is 65.8 Å². The fourth-order valence-corrected chi connectivity index (χ4v) is 3.43. The van der Waals surface area contributed by atoms with Crippen molar-refractivity contribution in [2.24, 2.45) is 5.92 Å². The average molecular weight is 311 g/mol. The highest BCUT2D eigenvalue weighted by Crippen LogP contribution is 2.36. The van der Waals surface area contributed by atoms with Crippen LogP contribution in [0.25, 0.3) is 0 Å². The first kappa shape index (κ1) is 16.7. The second-order valence-electron chi connectivity index (χ2n) is 6.61. The third kappa shape index (κ3) is 4.94. The van der Waals surface area contributed by atoms with Crippen LogP contribution in [-0.4, -0.2) is 30.7 Å². The summed E-state index contributed by atoms with van der Waals surface area (Å²) in [5, 5.41) is 4.67. The summed E-state index contributed by atoms with van der Waals surface area (Å²) in [5.74, 6) is 0.664. The minimum atomic E-state index is 0.487. The van der Waals surface area contributed by atoms with Crippen LogP contribution in [0.15, 0.2) is 0 Å². The van der Waals surface area contributed by atoms with Crippen LogP contribution in [0, 0.1) is 5.92 Å². The molecule has 0 saturated heterocycles. The predicted molar refractivity (Wildman–Crippen MR) is 90.0 cm³/mol. The molecule has 1 N–H and O–H groups in total. The van der Waals surface area contributed by atoms with Crippen LogP contribution in [0.4, 0.5) is 5.13 Å². The first-order valence-corrected chi connectivity index (χ1v) is 8.80. The number of anilines is 1. The van der Waals surface area contributed by atoms with Gasteiger partial charge < -0.3 is 15.0 Å². The van der Waals surface area contributed by atoms with Gasteiger partial charge in [0.25, 0.3) is 0 Å². The number of aromatic nitrogens is 1. The van der Waals surface area contributed by atoms with Gasteiger partial charge in [0.2, 0.25) is 0 Å². The summed E-state index contributed by atoms with van der Waals surface area (Å²) >= 11 is 1.83. The summed E-state index contributed by atoms with van der Waals surface area (Å²) in [7, 11) is 1.74. The van der Waals surface area contributed by atoms with Gasteiger partial charge in [-0.25, -0.2) is 4.98 Å². The lowest BCUT2D eigenvalue weighted by atomic mass is 10.2. The van der Waals surface area contributed by atoms with Crippen molar-refractivity contribution >= 4 is 16.5 Å². The van der Waals surface area contributed by atoms with E-state index in [1.807, 2.05) is 11.3 Å². The van der Waals surface area contributed by atoms with Crippen molar-refractivity contribution in [3.8, 4) is 0 Å². The molecule has 0 aliphatic heterocycles. The van der Waals surface area contributed by atoms with Crippen molar-refractivity contribution in [1.29, 1.82) is 0 Å². The Morgan fingerprint density at radius 1 is 1.33 bits per heavy atom. The summed E-state index contributed by atoms with van der Waals surface area (Å²) in [6, 6.07) is 1.20. The third-order valence-electron chi connectivity index (χ3n) is 3.51. The van der Waals surface area contributed by atoms with E-state index in [1.165, 1.54) is 22.9 Å². The number of hydrogen-bond donors (Lipinski definition) is 1. The molecule has 1 heterocycles. The molecular formula is C16H29N3OS. The largest absolute Gasteiger partial charge is 0.378 e. The Hall–Kier alpha value is -0.650. The van der Waals surface area contributed by atoms with Crippen molar-refractivity contribution in [3.63, 3.8) is 0 Å². The number of methoxy groups -OCH3 is 1. The number of ether oxygens (including phenoxy) is 1. The number of hydrogen-bond acceptors (Lipinski definition) is 5. The first-order valence-electron chi connectivity index (χ1n) is 7.98. The molecule has 0 spiro atoms. The van der Waals surface area contributed by atoms with E-state index in [1.54, 1.807) is 7.11 Å². The maximum Gasteiger partial charge on any atom is 0.186 e. The molecule has 0 radical (unpaired) electrons. The molecule has 0 atom stereocenters. The number of thiazole rings is 1. The molecule has 2 rings (SSSR count). The number of nitrogens with one attached hydrogen (secondary N) is 1. The van der Waals surface area contributed by atoms with Gasteiger partial charge in [-0.1, -0.05) is 27.7 Å². The highest BCUT2D eigenvalue weighted by Gasteiger charge is 2.32. The van der Waals surface area contributed by atoms with Gasteiger partial charge in [-0.3, -0.25) is 0 Å². The molecule has 120 valence electrons. The molecular weight excluding hydrogens is 282 g/mol. The normalized spacial score (nSPS) is 15.2. The van der Waals surface area contributed by atoms with E-state index >= 15 is 0 Å². The van der Waals surface area contributed by atoms with Gasteiger partial charge in [0, 0.05) is 37.2 Å². The second-order valence-corrected chi connectivity index (χ2v) is 7.67.